The van der Waals surface area contributed by atoms with Crippen molar-refractivity contribution in [3.8, 4) is 0 Å². The first-order valence-electron chi connectivity index (χ1n) is 25.0. The molecule has 2 aliphatic heterocycles. The summed E-state index contributed by atoms with van der Waals surface area (Å²) in [6, 6.07) is -10.8. The molecule has 0 aromatic carbocycles. The highest BCUT2D eigenvalue weighted by Crippen LogP contribution is 2.21. The van der Waals surface area contributed by atoms with E-state index < -0.39 is 139 Å². The molecule has 0 spiro atoms. The molecule has 0 bridgehead atoms. The molecule has 2 saturated heterocycles. The number of aldehydes is 1. The number of guanidine groups is 1. The number of hydrogen-bond donors (Lipinski definition) is 12. The number of nitrogens with two attached hydrogens (primary N) is 3. The Morgan fingerprint density at radius 3 is 1.75 bits per heavy atom. The smallest absolute Gasteiger partial charge is 0.305 e. The van der Waals surface area contributed by atoms with Gasteiger partial charge in [0.1, 0.15) is 48.6 Å². The van der Waals surface area contributed by atoms with E-state index >= 15 is 0 Å². The average Bonchev–Trinajstić information content (AvgIpc) is 4.01. The number of carboxylic acid groups (broad SMARTS) is 1. The molecule has 15 N–H and O–H groups in total. The number of carbonyl (C=O) groups excluding carboxylic acids is 10. The minimum Gasteiger partial charge on any atom is -0.481 e. The van der Waals surface area contributed by atoms with E-state index in [1.165, 1.54) is 9.80 Å². The Morgan fingerprint density at radius 1 is 0.658 bits per heavy atom. The molecular formula is C47H81N13O13. The third-order valence-electron chi connectivity index (χ3n) is 12.3. The summed E-state index contributed by atoms with van der Waals surface area (Å²) >= 11 is 0. The van der Waals surface area contributed by atoms with Gasteiger partial charge in [0.25, 0.3) is 0 Å². The molecule has 0 unspecified atom stereocenters. The molecule has 0 radical (unpaired) electrons. The van der Waals surface area contributed by atoms with Crippen LogP contribution in [0.25, 0.3) is 0 Å². The number of likely N-dealkylation sites (tertiary alicyclic amines) is 2. The largest absolute Gasteiger partial charge is 0.481 e. The second-order valence-electron chi connectivity index (χ2n) is 20.1. The van der Waals surface area contributed by atoms with Crippen molar-refractivity contribution >= 4 is 71.4 Å². The first-order chi connectivity index (χ1) is 34.2. The van der Waals surface area contributed by atoms with Gasteiger partial charge in [0, 0.05) is 19.6 Å². The molecule has 0 saturated carbocycles. The molecule has 0 aromatic rings. The molecule has 2 rings (SSSR count). The number of hydrogen-bond acceptors (Lipinski definition) is 14. The van der Waals surface area contributed by atoms with Crippen molar-refractivity contribution < 1.29 is 63.0 Å². The standard InChI is InChI=1S/C47H81N13O13/c1-24(2)18-30(39(66)56-31(20-36(64)65)40(67)57-32(19-25(3)4)46(73)59-16-10-12-28(59)22-61)55-41(68)33(23-62)53-35(63)21-52-42(69)34-14-11-17-60(34)45(72)29(13-9-15-51-47(49)50)54-44(71)38(27(7)8)58-43(70)37(48)26(5)6/h22,24-34,37-38,62H,9-21,23,48H2,1-8H3,(H,52,69)(H,53,63)(H,54,71)(H,55,68)(H,56,66)(H,57,67)(H,58,70)(H,64,65)(H4,49,50,51)/t28-,29-,30-,31-,32-,33-,34-,37-,38-/m0/s1. The van der Waals surface area contributed by atoms with Crippen molar-refractivity contribution in [3.63, 3.8) is 0 Å². The van der Waals surface area contributed by atoms with Crippen LogP contribution in [0.5, 0.6) is 0 Å². The van der Waals surface area contributed by atoms with Gasteiger partial charge < -0.3 is 79.2 Å². The summed E-state index contributed by atoms with van der Waals surface area (Å²) in [6.45, 7) is 12.8. The first-order valence-corrected chi connectivity index (χ1v) is 25.0. The molecule has 2 aliphatic rings. The molecule has 26 heteroatoms. The van der Waals surface area contributed by atoms with Crippen LogP contribution in [0.4, 0.5) is 0 Å². The van der Waals surface area contributed by atoms with E-state index in [2.05, 4.69) is 42.2 Å². The summed E-state index contributed by atoms with van der Waals surface area (Å²) in [5.41, 5.74) is 16.9. The summed E-state index contributed by atoms with van der Waals surface area (Å²) in [4.78, 5) is 152. The van der Waals surface area contributed by atoms with Crippen molar-refractivity contribution in [2.75, 3.05) is 32.8 Å². The highest BCUT2D eigenvalue weighted by Gasteiger charge is 2.40. The van der Waals surface area contributed by atoms with Crippen LogP contribution in [0.3, 0.4) is 0 Å². The Labute approximate surface area is 426 Å². The van der Waals surface area contributed by atoms with Crippen LogP contribution in [-0.2, 0) is 52.7 Å². The first kappa shape index (κ1) is 62.7. The molecular weight excluding hydrogens is 955 g/mol. The topological polar surface area (TPSA) is 409 Å². The molecule has 0 aromatic heterocycles. The van der Waals surface area contributed by atoms with Gasteiger partial charge in [-0.25, -0.2) is 0 Å². The number of aliphatic carboxylic acids is 1. The van der Waals surface area contributed by atoms with Crippen LogP contribution in [0, 0.1) is 23.7 Å². The maximum Gasteiger partial charge on any atom is 0.305 e. The molecule has 2 fully saturated rings. The number of rotatable bonds is 30. The summed E-state index contributed by atoms with van der Waals surface area (Å²) in [7, 11) is 0. The van der Waals surface area contributed by atoms with Gasteiger partial charge in [-0.15, -0.1) is 0 Å². The number of nitrogens with one attached hydrogen (secondary N) is 7. The number of nitrogens with zero attached hydrogens (tertiary/aromatic N) is 3. The van der Waals surface area contributed by atoms with Gasteiger partial charge >= 0.3 is 5.97 Å². The Bertz CT molecular complexity index is 1980. The number of aliphatic hydroxyl groups is 1. The van der Waals surface area contributed by atoms with Crippen LogP contribution < -0.4 is 54.4 Å². The number of carbonyl (C=O) groups is 11. The molecule has 73 heavy (non-hydrogen) atoms. The molecule has 412 valence electrons. The van der Waals surface area contributed by atoms with Crippen LogP contribution >= 0.6 is 0 Å². The normalized spacial score (nSPS) is 18.4. The van der Waals surface area contributed by atoms with E-state index in [9.17, 15) is 63.0 Å². The summed E-state index contributed by atoms with van der Waals surface area (Å²) in [5.74, 6) is -9.69. The molecule has 9 amide bonds. The minimum atomic E-state index is -1.71. The highest BCUT2D eigenvalue weighted by molar-refractivity contribution is 5.98. The third kappa shape index (κ3) is 20.5. The lowest BCUT2D eigenvalue weighted by Crippen LogP contribution is -2.60. The van der Waals surface area contributed by atoms with Crippen LogP contribution in [0.2, 0.25) is 0 Å². The van der Waals surface area contributed by atoms with E-state index in [1.54, 1.807) is 55.4 Å². The van der Waals surface area contributed by atoms with Gasteiger partial charge in [-0.05, 0) is 75.0 Å². The zero-order chi connectivity index (χ0) is 55.3. The third-order valence-corrected chi connectivity index (χ3v) is 12.3. The lowest BCUT2D eigenvalue weighted by Gasteiger charge is -2.31. The monoisotopic (exact) mass is 1040 g/mol. The number of aliphatic hydroxyl groups excluding tert-OH is 1. The number of amides is 9. The fourth-order valence-corrected chi connectivity index (χ4v) is 8.34. The van der Waals surface area contributed by atoms with E-state index in [0.29, 0.717) is 32.1 Å². The fourth-order valence-electron chi connectivity index (χ4n) is 8.34. The second-order valence-corrected chi connectivity index (χ2v) is 20.1. The second kappa shape index (κ2) is 30.6. The van der Waals surface area contributed by atoms with Crippen LogP contribution in [-0.4, -0.2) is 179 Å². The van der Waals surface area contributed by atoms with Gasteiger partial charge in [-0.2, -0.15) is 0 Å². The SMILES string of the molecule is CC(C)C[C@H](NC(=O)[C@H](CO)NC(=O)CNC(=O)[C@@H]1CCCN1C(=O)[C@H](CCCN=C(N)N)NC(=O)[C@@H](NC(=O)[C@@H](N)C(C)C)C(C)C)C(=O)N[C@@H](CC(=O)O)C(=O)N[C@@H](CC(C)C)C(=O)N1CCC[C@H]1C=O. The highest BCUT2D eigenvalue weighted by atomic mass is 16.4. The van der Waals surface area contributed by atoms with Gasteiger partial charge in [-0.3, -0.25) is 52.9 Å². The Balaban J connectivity index is 2.18. The van der Waals surface area contributed by atoms with Gasteiger partial charge in [0.15, 0.2) is 5.96 Å². The summed E-state index contributed by atoms with van der Waals surface area (Å²) in [5, 5.41) is 37.3. The quantitative estimate of drug-likeness (QED) is 0.0143. The van der Waals surface area contributed by atoms with E-state index in [4.69, 9.17) is 17.2 Å². The van der Waals surface area contributed by atoms with Crippen molar-refractivity contribution in [2.45, 2.75) is 168 Å². The fraction of sp³-hybridized carbons (Fsp3) is 0.745. The average molecular weight is 1040 g/mol. The predicted octanol–water partition coefficient (Wildman–Crippen LogP) is -3.56. The van der Waals surface area contributed by atoms with E-state index in [0.717, 1.165) is 0 Å². The molecule has 0 aliphatic carbocycles. The lowest BCUT2D eigenvalue weighted by molar-refractivity contribution is -0.142. The molecule has 9 atom stereocenters. The lowest BCUT2D eigenvalue weighted by atomic mass is 9.99. The van der Waals surface area contributed by atoms with E-state index in [1.807, 2.05) is 0 Å². The Hall–Kier alpha value is -6.44. The predicted molar refractivity (Wildman–Crippen MR) is 266 cm³/mol. The summed E-state index contributed by atoms with van der Waals surface area (Å²) in [6.07, 6.45) is 1.76. The Morgan fingerprint density at radius 2 is 1.19 bits per heavy atom. The molecule has 2 heterocycles. The Kier molecular flexibility index (Phi) is 26.2. The van der Waals surface area contributed by atoms with Gasteiger partial charge in [0.05, 0.1) is 31.7 Å². The zero-order valence-corrected chi connectivity index (χ0v) is 43.4. The van der Waals surface area contributed by atoms with Crippen molar-refractivity contribution in [3.05, 3.63) is 0 Å². The number of aliphatic imine (C=N–C) groups is 1. The van der Waals surface area contributed by atoms with Gasteiger partial charge in [0.2, 0.25) is 53.2 Å². The zero-order valence-electron chi connectivity index (χ0n) is 43.4. The van der Waals surface area contributed by atoms with Gasteiger partial charge in [-0.1, -0.05) is 55.4 Å². The maximum absolute atomic E-state index is 14.1. The maximum atomic E-state index is 14.1. The van der Waals surface area contributed by atoms with Crippen molar-refractivity contribution in [1.29, 1.82) is 0 Å². The summed E-state index contributed by atoms with van der Waals surface area (Å²) < 4.78 is 0. The van der Waals surface area contributed by atoms with Crippen LogP contribution in [0.15, 0.2) is 4.99 Å². The van der Waals surface area contributed by atoms with Crippen LogP contribution in [0.1, 0.15) is 113 Å². The molecule has 26 nitrogen and oxygen atoms in total. The van der Waals surface area contributed by atoms with E-state index in [-0.39, 0.29) is 68.9 Å². The van der Waals surface area contributed by atoms with Crippen molar-refractivity contribution in [2.24, 2.45) is 45.9 Å². The van der Waals surface area contributed by atoms with Crippen molar-refractivity contribution in [1.82, 2.24) is 47.0 Å². The minimum absolute atomic E-state index is 0.0447. The number of carboxylic acids is 1.